The topological polar surface area (TPSA) is 102 Å². The number of benzene rings is 1. The lowest BCUT2D eigenvalue weighted by Gasteiger charge is -2.33. The molecule has 2 saturated heterocycles. The lowest BCUT2D eigenvalue weighted by atomic mass is 10.0. The van der Waals surface area contributed by atoms with Crippen LogP contribution < -0.4 is 15.5 Å². The van der Waals surface area contributed by atoms with E-state index in [4.69, 9.17) is 10.5 Å². The second-order valence-electron chi connectivity index (χ2n) is 6.62. The Morgan fingerprint density at radius 1 is 1.22 bits per heavy atom. The number of halogens is 2. The Kier molecular flexibility index (Phi) is 4.60. The fourth-order valence-corrected chi connectivity index (χ4v) is 3.55. The quantitative estimate of drug-likeness (QED) is 0.848. The summed E-state index contributed by atoms with van der Waals surface area (Å²) in [6.07, 6.45) is 1.75. The molecule has 0 aliphatic carbocycles. The normalized spacial score (nSPS) is 21.0. The molecular formula is C16H19F2N7O2. The smallest absolute Gasteiger partial charge is 0.414 e. The Morgan fingerprint density at radius 2 is 1.93 bits per heavy atom. The van der Waals surface area contributed by atoms with Crippen LogP contribution in [0.25, 0.3) is 0 Å². The van der Waals surface area contributed by atoms with Crippen molar-refractivity contribution in [3.05, 3.63) is 30.1 Å². The Bertz CT molecular complexity index is 801. The van der Waals surface area contributed by atoms with Gasteiger partial charge in [0.2, 0.25) is 0 Å². The first-order valence-electron chi connectivity index (χ1n) is 8.71. The molecule has 0 bridgehead atoms. The zero-order valence-electron chi connectivity index (χ0n) is 14.5. The maximum absolute atomic E-state index is 14.7. The minimum absolute atomic E-state index is 0.0862. The first kappa shape index (κ1) is 17.6. The van der Waals surface area contributed by atoms with Crippen molar-refractivity contribution in [2.75, 3.05) is 36.0 Å². The lowest BCUT2D eigenvalue weighted by Crippen LogP contribution is -2.36. The number of hydrogen-bond donors (Lipinski definition) is 1. The number of aromatic nitrogens is 4. The Balaban J connectivity index is 1.50. The van der Waals surface area contributed by atoms with E-state index in [1.807, 2.05) is 0 Å². The molecule has 0 spiro atoms. The van der Waals surface area contributed by atoms with Crippen LogP contribution in [0.1, 0.15) is 18.9 Å². The molecule has 1 atom stereocenters. The maximum Gasteiger partial charge on any atom is 0.414 e. The van der Waals surface area contributed by atoms with Crippen LogP contribution in [0, 0.1) is 11.6 Å². The van der Waals surface area contributed by atoms with Crippen LogP contribution in [0.3, 0.4) is 0 Å². The van der Waals surface area contributed by atoms with Crippen LogP contribution >= 0.6 is 0 Å². The summed E-state index contributed by atoms with van der Waals surface area (Å²) in [5.74, 6) is -1.43. The van der Waals surface area contributed by atoms with Crippen molar-refractivity contribution in [3.8, 4) is 0 Å². The number of cyclic esters (lactones) is 1. The number of anilines is 2. The molecule has 2 aromatic rings. The number of carbonyl (C=O) groups excluding carboxylic acids is 1. The van der Waals surface area contributed by atoms with Crippen molar-refractivity contribution in [2.24, 2.45) is 5.73 Å². The van der Waals surface area contributed by atoms with Gasteiger partial charge in [-0.05, 0) is 23.3 Å². The van der Waals surface area contributed by atoms with E-state index in [0.717, 1.165) is 12.1 Å². The number of hydrogen-bond acceptors (Lipinski definition) is 7. The number of carbonyl (C=O) groups is 1. The number of nitrogens with zero attached hydrogens (tertiary/aromatic N) is 6. The second-order valence-corrected chi connectivity index (χ2v) is 6.62. The summed E-state index contributed by atoms with van der Waals surface area (Å²) in [7, 11) is 0. The van der Waals surface area contributed by atoms with E-state index in [9.17, 15) is 13.6 Å². The fraction of sp³-hybridized carbons (Fsp3) is 0.500. The van der Waals surface area contributed by atoms with Gasteiger partial charge in [0.05, 0.1) is 18.3 Å². The molecule has 11 heteroatoms. The third-order valence-corrected chi connectivity index (χ3v) is 4.97. The van der Waals surface area contributed by atoms with Gasteiger partial charge in [0, 0.05) is 31.8 Å². The summed E-state index contributed by atoms with van der Waals surface area (Å²) < 4.78 is 36.1. The van der Waals surface area contributed by atoms with E-state index in [2.05, 4.69) is 15.5 Å². The van der Waals surface area contributed by atoms with Crippen molar-refractivity contribution >= 4 is 17.5 Å². The average molecular weight is 379 g/mol. The summed E-state index contributed by atoms with van der Waals surface area (Å²) >= 11 is 0. The monoisotopic (exact) mass is 379 g/mol. The molecule has 0 saturated carbocycles. The van der Waals surface area contributed by atoms with E-state index < -0.39 is 23.8 Å². The van der Waals surface area contributed by atoms with E-state index in [1.54, 1.807) is 15.9 Å². The predicted molar refractivity (Wildman–Crippen MR) is 91.3 cm³/mol. The Labute approximate surface area is 153 Å². The van der Waals surface area contributed by atoms with E-state index in [-0.39, 0.29) is 30.5 Å². The van der Waals surface area contributed by atoms with E-state index in [1.165, 1.54) is 4.90 Å². The van der Waals surface area contributed by atoms with Crippen LogP contribution in [0.2, 0.25) is 0 Å². The summed E-state index contributed by atoms with van der Waals surface area (Å²) in [5, 5.41) is 11.1. The Morgan fingerprint density at radius 3 is 2.48 bits per heavy atom. The number of piperidine rings is 1. The number of tetrazole rings is 1. The van der Waals surface area contributed by atoms with Crippen molar-refractivity contribution in [1.29, 1.82) is 0 Å². The van der Waals surface area contributed by atoms with Gasteiger partial charge in [-0.3, -0.25) is 4.90 Å². The molecule has 2 fully saturated rings. The largest absolute Gasteiger partial charge is 0.443 e. The van der Waals surface area contributed by atoms with Gasteiger partial charge < -0.3 is 15.4 Å². The molecule has 2 aliphatic rings. The lowest BCUT2D eigenvalue weighted by molar-refractivity contribution is 0.145. The number of rotatable bonds is 4. The van der Waals surface area contributed by atoms with Gasteiger partial charge in [0.1, 0.15) is 18.1 Å². The molecule has 9 nitrogen and oxygen atoms in total. The van der Waals surface area contributed by atoms with Gasteiger partial charge in [-0.25, -0.2) is 18.3 Å². The van der Waals surface area contributed by atoms with Gasteiger partial charge in [-0.1, -0.05) is 0 Å². The second kappa shape index (κ2) is 7.06. The van der Waals surface area contributed by atoms with Gasteiger partial charge in [0.15, 0.2) is 11.6 Å². The Hall–Kier alpha value is -2.82. The van der Waals surface area contributed by atoms with E-state index in [0.29, 0.717) is 25.9 Å². The maximum atomic E-state index is 14.7. The average Bonchev–Trinajstić information content (AvgIpc) is 3.31. The molecule has 144 valence electrons. The van der Waals surface area contributed by atoms with Crippen LogP contribution in [0.4, 0.5) is 25.0 Å². The molecule has 1 aromatic carbocycles. The minimum Gasteiger partial charge on any atom is -0.443 e. The third kappa shape index (κ3) is 3.29. The molecule has 1 aromatic heterocycles. The molecule has 2 aliphatic heterocycles. The van der Waals surface area contributed by atoms with Crippen molar-refractivity contribution < 1.29 is 18.3 Å². The van der Waals surface area contributed by atoms with Crippen LogP contribution in [0.15, 0.2) is 18.5 Å². The molecule has 4 rings (SSSR count). The van der Waals surface area contributed by atoms with Crippen molar-refractivity contribution in [3.63, 3.8) is 0 Å². The zero-order valence-corrected chi connectivity index (χ0v) is 14.5. The summed E-state index contributed by atoms with van der Waals surface area (Å²) in [4.78, 5) is 14.7. The molecule has 1 amide bonds. The summed E-state index contributed by atoms with van der Waals surface area (Å²) in [5.41, 5.74) is 5.53. The molecule has 3 heterocycles. The van der Waals surface area contributed by atoms with Gasteiger partial charge in [-0.15, -0.1) is 5.10 Å². The van der Waals surface area contributed by atoms with E-state index >= 15 is 0 Å². The number of ether oxygens (including phenoxy) is 1. The van der Waals surface area contributed by atoms with Gasteiger partial charge in [-0.2, -0.15) is 0 Å². The van der Waals surface area contributed by atoms with Crippen LogP contribution in [-0.2, 0) is 4.74 Å². The first-order chi connectivity index (χ1) is 13.1. The summed E-state index contributed by atoms with van der Waals surface area (Å²) in [6.45, 7) is 1.27. The van der Waals surface area contributed by atoms with Crippen molar-refractivity contribution in [1.82, 2.24) is 20.2 Å². The molecule has 2 N–H and O–H groups in total. The highest BCUT2D eigenvalue weighted by Crippen LogP contribution is 2.33. The highest BCUT2D eigenvalue weighted by atomic mass is 19.1. The van der Waals surface area contributed by atoms with Gasteiger partial charge >= 0.3 is 6.09 Å². The van der Waals surface area contributed by atoms with Gasteiger partial charge in [0.25, 0.3) is 0 Å². The number of nitrogens with two attached hydrogens (primary N) is 1. The third-order valence-electron chi connectivity index (χ3n) is 4.97. The van der Waals surface area contributed by atoms with Crippen molar-refractivity contribution in [2.45, 2.75) is 25.0 Å². The SMILES string of the molecule is NC[C@H]1CN(c2cc(F)c(N3CCC(n4cnnn4)CC3)c(F)c2)C(=O)O1. The zero-order chi connectivity index (χ0) is 19.0. The molecule has 27 heavy (non-hydrogen) atoms. The number of amides is 1. The molecule has 0 unspecified atom stereocenters. The van der Waals surface area contributed by atoms with Crippen LogP contribution in [0.5, 0.6) is 0 Å². The molecule has 0 radical (unpaired) electrons. The standard InChI is InChI=1S/C16H19F2N7O2/c17-13-5-11(24-8-12(7-19)27-16(24)26)6-14(18)15(13)23-3-1-10(2-4-23)25-9-20-21-22-25/h5-6,9-10,12H,1-4,7-8,19H2/t12-/m0/s1. The van der Waals surface area contributed by atoms with Crippen LogP contribution in [-0.4, -0.2) is 58.6 Å². The minimum atomic E-state index is -0.713. The molecular weight excluding hydrogens is 360 g/mol. The predicted octanol–water partition coefficient (Wildman–Crippen LogP) is 1.08. The fourth-order valence-electron chi connectivity index (χ4n) is 3.55. The summed E-state index contributed by atoms with van der Waals surface area (Å²) in [6, 6.07) is 2.42. The first-order valence-corrected chi connectivity index (χ1v) is 8.71. The highest BCUT2D eigenvalue weighted by Gasteiger charge is 2.33. The highest BCUT2D eigenvalue weighted by molar-refractivity contribution is 5.90.